The fraction of sp³-hybridized carbons (Fsp3) is 0.269. The van der Waals surface area contributed by atoms with Crippen LogP contribution >= 0.6 is 43.2 Å². The third-order valence-electron chi connectivity index (χ3n) is 5.77. The van der Waals surface area contributed by atoms with Gasteiger partial charge in [0.15, 0.2) is 16.3 Å². The summed E-state index contributed by atoms with van der Waals surface area (Å²) in [7, 11) is 4.65. The molecule has 8 nitrogen and oxygen atoms in total. The molecule has 0 amide bonds. The number of hydrogen-bond donors (Lipinski definition) is 0. The van der Waals surface area contributed by atoms with E-state index in [-0.39, 0.29) is 17.7 Å². The second kappa shape index (κ2) is 11.2. The number of esters is 1. The largest absolute Gasteiger partial charge is 0.495 e. The molecular weight excluding hydrogens is 628 g/mol. The van der Waals surface area contributed by atoms with E-state index in [0.717, 1.165) is 8.95 Å². The highest BCUT2D eigenvalue weighted by Gasteiger charge is 2.34. The summed E-state index contributed by atoms with van der Waals surface area (Å²) in [5, 5.41) is 0. The minimum absolute atomic E-state index is 0.191. The van der Waals surface area contributed by atoms with E-state index < -0.39 is 12.0 Å². The van der Waals surface area contributed by atoms with Crippen molar-refractivity contribution in [1.82, 2.24) is 4.57 Å². The standard InChI is InChI=1S/C26H24Br2N2O6S/c1-6-36-25(32)21-13(2)29-26-30(22(21)14-7-8-18(33-3)19(10-14)34-4)24(31)20(37-26)11-15-9-16(27)12-17(28)23(15)35-5/h7-12,22H,6H2,1-5H3/b20-11-/t22-/m0/s1. The Bertz CT molecular complexity index is 1590. The molecule has 4 rings (SSSR count). The fourth-order valence-corrected chi connectivity index (χ4v) is 6.63. The first-order chi connectivity index (χ1) is 17.7. The van der Waals surface area contributed by atoms with Crippen LogP contribution in [0.1, 0.15) is 31.0 Å². The zero-order valence-corrected chi connectivity index (χ0v) is 24.7. The summed E-state index contributed by atoms with van der Waals surface area (Å²) in [5.41, 5.74) is 1.84. The number of carbonyl (C=O) groups is 1. The number of fused-ring (bicyclic) bond motifs is 1. The van der Waals surface area contributed by atoms with E-state index in [0.29, 0.717) is 43.4 Å². The number of ether oxygens (including phenoxy) is 4. The molecule has 1 aliphatic heterocycles. The Hall–Kier alpha value is -2.89. The van der Waals surface area contributed by atoms with Gasteiger partial charge in [-0.15, -0.1) is 0 Å². The Morgan fingerprint density at radius 1 is 1.11 bits per heavy atom. The summed E-state index contributed by atoms with van der Waals surface area (Å²) in [6, 6.07) is 8.26. The van der Waals surface area contributed by atoms with E-state index in [9.17, 15) is 9.59 Å². The molecule has 2 heterocycles. The molecule has 2 aromatic carbocycles. The average Bonchev–Trinajstić information content (AvgIpc) is 3.16. The van der Waals surface area contributed by atoms with Gasteiger partial charge in [-0.2, -0.15) is 0 Å². The molecule has 0 fully saturated rings. The van der Waals surface area contributed by atoms with Gasteiger partial charge < -0.3 is 18.9 Å². The second-order valence-corrected chi connectivity index (χ2v) is 10.7. The predicted octanol–water partition coefficient (Wildman–Crippen LogP) is 4.35. The summed E-state index contributed by atoms with van der Waals surface area (Å²) in [5.74, 6) is 1.07. The molecule has 194 valence electrons. The molecule has 0 unspecified atom stereocenters. The van der Waals surface area contributed by atoms with Crippen molar-refractivity contribution in [3.05, 3.63) is 81.4 Å². The molecule has 0 radical (unpaired) electrons. The van der Waals surface area contributed by atoms with Gasteiger partial charge in [0.25, 0.3) is 5.56 Å². The van der Waals surface area contributed by atoms with Crippen molar-refractivity contribution in [2.75, 3.05) is 27.9 Å². The third kappa shape index (κ3) is 5.12. The molecule has 37 heavy (non-hydrogen) atoms. The molecule has 1 aliphatic rings. The highest BCUT2D eigenvalue weighted by Crippen LogP contribution is 2.36. The first-order valence-electron chi connectivity index (χ1n) is 11.2. The highest BCUT2D eigenvalue weighted by atomic mass is 79.9. The lowest BCUT2D eigenvalue weighted by Gasteiger charge is -2.25. The number of carbonyl (C=O) groups excluding carboxylic acids is 1. The SMILES string of the molecule is CCOC(=O)C1=C(C)N=c2s/c(=C\c3cc(Br)cc(Br)c3OC)c(=O)n2[C@H]1c1ccc(OC)c(OC)c1. The molecule has 0 bridgehead atoms. The van der Waals surface area contributed by atoms with Crippen LogP contribution in [0.25, 0.3) is 6.08 Å². The van der Waals surface area contributed by atoms with E-state index in [1.165, 1.54) is 23.0 Å². The Balaban J connectivity index is 2.00. The van der Waals surface area contributed by atoms with E-state index >= 15 is 0 Å². The van der Waals surface area contributed by atoms with E-state index in [4.69, 9.17) is 18.9 Å². The number of allylic oxidation sites excluding steroid dienone is 1. The second-order valence-electron chi connectivity index (χ2n) is 7.93. The molecule has 11 heteroatoms. The Morgan fingerprint density at radius 2 is 1.84 bits per heavy atom. The number of aromatic nitrogens is 1. The van der Waals surface area contributed by atoms with Gasteiger partial charge >= 0.3 is 5.97 Å². The lowest BCUT2D eigenvalue weighted by atomic mass is 9.95. The van der Waals surface area contributed by atoms with Crippen LogP contribution in [-0.2, 0) is 9.53 Å². The van der Waals surface area contributed by atoms with Crippen molar-refractivity contribution in [2.24, 2.45) is 4.99 Å². The van der Waals surface area contributed by atoms with E-state index in [1.807, 2.05) is 12.1 Å². The van der Waals surface area contributed by atoms with Gasteiger partial charge in [0.1, 0.15) is 5.75 Å². The van der Waals surface area contributed by atoms with Crippen molar-refractivity contribution in [3.8, 4) is 17.2 Å². The van der Waals surface area contributed by atoms with E-state index in [2.05, 4.69) is 36.9 Å². The van der Waals surface area contributed by atoms with Crippen molar-refractivity contribution < 1.29 is 23.7 Å². The van der Waals surface area contributed by atoms with Crippen molar-refractivity contribution in [2.45, 2.75) is 19.9 Å². The van der Waals surface area contributed by atoms with Gasteiger partial charge in [-0.05, 0) is 65.7 Å². The third-order valence-corrected chi connectivity index (χ3v) is 7.80. The average molecular weight is 652 g/mol. The molecular formula is C26H24Br2N2O6S. The van der Waals surface area contributed by atoms with Gasteiger partial charge in [0.05, 0.1) is 54.3 Å². The van der Waals surface area contributed by atoms with Crippen LogP contribution in [0.4, 0.5) is 0 Å². The highest BCUT2D eigenvalue weighted by molar-refractivity contribution is 9.11. The van der Waals surface area contributed by atoms with E-state index in [1.54, 1.807) is 52.3 Å². The minimum Gasteiger partial charge on any atom is -0.495 e. The van der Waals surface area contributed by atoms with Crippen LogP contribution in [0.3, 0.4) is 0 Å². The van der Waals surface area contributed by atoms with Gasteiger partial charge in [-0.1, -0.05) is 33.3 Å². The van der Waals surface area contributed by atoms with Crippen LogP contribution < -0.4 is 29.1 Å². The lowest BCUT2D eigenvalue weighted by molar-refractivity contribution is -0.139. The smallest absolute Gasteiger partial charge is 0.338 e. The molecule has 0 spiro atoms. The van der Waals surface area contributed by atoms with Crippen LogP contribution in [0.5, 0.6) is 17.2 Å². The monoisotopic (exact) mass is 650 g/mol. The lowest BCUT2D eigenvalue weighted by Crippen LogP contribution is -2.40. The first-order valence-corrected chi connectivity index (χ1v) is 13.6. The van der Waals surface area contributed by atoms with Crippen molar-refractivity contribution >= 4 is 55.2 Å². The van der Waals surface area contributed by atoms with Crippen LogP contribution in [0.15, 0.2) is 60.3 Å². The zero-order valence-electron chi connectivity index (χ0n) is 20.8. The molecule has 0 saturated heterocycles. The topological polar surface area (TPSA) is 88.4 Å². The van der Waals surface area contributed by atoms with Gasteiger partial charge in [-0.3, -0.25) is 9.36 Å². The summed E-state index contributed by atoms with van der Waals surface area (Å²) in [6.07, 6.45) is 1.76. The van der Waals surface area contributed by atoms with Crippen LogP contribution in [0.2, 0.25) is 0 Å². The summed E-state index contributed by atoms with van der Waals surface area (Å²) in [4.78, 5) is 32.1. The maximum Gasteiger partial charge on any atom is 0.338 e. The maximum atomic E-state index is 13.9. The Morgan fingerprint density at radius 3 is 2.49 bits per heavy atom. The summed E-state index contributed by atoms with van der Waals surface area (Å²) < 4.78 is 25.3. The van der Waals surface area contributed by atoms with Gasteiger partial charge in [0, 0.05) is 10.0 Å². The van der Waals surface area contributed by atoms with Crippen molar-refractivity contribution in [1.29, 1.82) is 0 Å². The number of nitrogens with zero attached hydrogens (tertiary/aromatic N) is 2. The number of methoxy groups -OCH3 is 3. The number of halogens is 2. The van der Waals surface area contributed by atoms with Crippen LogP contribution in [-0.4, -0.2) is 38.5 Å². The number of benzene rings is 2. The van der Waals surface area contributed by atoms with Gasteiger partial charge in [0.2, 0.25) is 0 Å². The summed E-state index contributed by atoms with van der Waals surface area (Å²) >= 11 is 8.23. The molecule has 0 N–H and O–H groups in total. The maximum absolute atomic E-state index is 13.9. The zero-order chi connectivity index (χ0) is 26.9. The molecule has 0 saturated carbocycles. The molecule has 3 aromatic rings. The van der Waals surface area contributed by atoms with Crippen LogP contribution in [0, 0.1) is 0 Å². The fourth-order valence-electron chi connectivity index (χ4n) is 4.17. The number of thiazole rings is 1. The number of hydrogen-bond acceptors (Lipinski definition) is 8. The molecule has 0 aliphatic carbocycles. The predicted molar refractivity (Wildman–Crippen MR) is 148 cm³/mol. The molecule has 1 aromatic heterocycles. The normalized spacial score (nSPS) is 15.2. The quantitative estimate of drug-likeness (QED) is 0.353. The Kier molecular flexibility index (Phi) is 8.25. The first kappa shape index (κ1) is 27.2. The van der Waals surface area contributed by atoms with Gasteiger partial charge in [-0.25, -0.2) is 9.79 Å². The minimum atomic E-state index is -0.770. The molecule has 1 atom stereocenters. The van der Waals surface area contributed by atoms with Crippen molar-refractivity contribution in [3.63, 3.8) is 0 Å². The summed E-state index contributed by atoms with van der Waals surface area (Å²) in [6.45, 7) is 3.67. The Labute approximate surface area is 234 Å². The number of rotatable bonds is 7.